The summed E-state index contributed by atoms with van der Waals surface area (Å²) in [7, 11) is 0. The second-order valence-corrected chi connectivity index (χ2v) is 9.00. The van der Waals surface area contributed by atoms with Crippen molar-refractivity contribution in [2.45, 2.75) is 32.9 Å². The van der Waals surface area contributed by atoms with E-state index in [-0.39, 0.29) is 10.6 Å². The summed E-state index contributed by atoms with van der Waals surface area (Å²) in [5.41, 5.74) is 10.5. The molecule has 182 valence electrons. The molecule has 0 aromatic heterocycles. The lowest BCUT2D eigenvalue weighted by Crippen LogP contribution is -2.56. The van der Waals surface area contributed by atoms with Crippen molar-refractivity contribution in [3.63, 3.8) is 0 Å². The molecule has 0 aliphatic carbocycles. The number of benzene rings is 2. The van der Waals surface area contributed by atoms with Crippen LogP contribution in [0.5, 0.6) is 0 Å². The van der Waals surface area contributed by atoms with Gasteiger partial charge >= 0.3 is 5.97 Å². The fourth-order valence-corrected chi connectivity index (χ4v) is 3.19. The highest BCUT2D eigenvalue weighted by Gasteiger charge is 2.35. The molecule has 2 aromatic rings. The minimum Gasteiger partial charge on any atom is -0.480 e. The van der Waals surface area contributed by atoms with Crippen LogP contribution in [-0.2, 0) is 14.4 Å². The molecule has 0 saturated carbocycles. The maximum absolute atomic E-state index is 13.3. The van der Waals surface area contributed by atoms with E-state index in [0.717, 1.165) is 0 Å². The summed E-state index contributed by atoms with van der Waals surface area (Å²) in [6, 6.07) is 10.6. The molecule has 0 bridgehead atoms. The van der Waals surface area contributed by atoms with Crippen molar-refractivity contribution in [1.82, 2.24) is 21.5 Å². The molecular formula is C23H28ClN5O5. The van der Waals surface area contributed by atoms with Crippen LogP contribution in [0, 0.1) is 5.41 Å². The Morgan fingerprint density at radius 2 is 1.65 bits per heavy atom. The molecule has 0 saturated heterocycles. The number of aliphatic carboxylic acids is 1. The van der Waals surface area contributed by atoms with Crippen LogP contribution in [0.15, 0.2) is 48.5 Å². The van der Waals surface area contributed by atoms with Crippen LogP contribution < -0.4 is 27.2 Å². The quantitative estimate of drug-likeness (QED) is 0.230. The van der Waals surface area contributed by atoms with Gasteiger partial charge < -0.3 is 21.5 Å². The average Bonchev–Trinajstić information content (AvgIpc) is 2.76. The number of carboxylic acid groups (broad SMARTS) is 1. The Kier molecular flexibility index (Phi) is 8.99. The molecule has 7 N–H and O–H groups in total. The van der Waals surface area contributed by atoms with Crippen LogP contribution in [0.25, 0.3) is 0 Å². The van der Waals surface area contributed by atoms with Crippen molar-refractivity contribution >= 4 is 41.0 Å². The Balaban J connectivity index is 2.25. The molecule has 0 aliphatic rings. The van der Waals surface area contributed by atoms with Gasteiger partial charge in [0, 0.05) is 5.56 Å². The number of carbonyl (C=O) groups is 4. The van der Waals surface area contributed by atoms with Crippen LogP contribution in [0.3, 0.4) is 0 Å². The number of amides is 3. The number of hydrogen-bond donors (Lipinski definition) is 6. The van der Waals surface area contributed by atoms with Crippen LogP contribution in [0.1, 0.15) is 42.7 Å². The van der Waals surface area contributed by atoms with Crippen molar-refractivity contribution < 1.29 is 24.3 Å². The smallest absolute Gasteiger partial charge is 0.319 e. The van der Waals surface area contributed by atoms with Crippen molar-refractivity contribution in [2.75, 3.05) is 12.3 Å². The van der Waals surface area contributed by atoms with Gasteiger partial charge in [0.1, 0.15) is 18.6 Å². The first-order valence-corrected chi connectivity index (χ1v) is 10.7. The molecule has 10 nitrogen and oxygen atoms in total. The van der Waals surface area contributed by atoms with Crippen LogP contribution in [0.4, 0.5) is 5.69 Å². The topological polar surface area (TPSA) is 163 Å². The normalized spacial score (nSPS) is 12.8. The predicted octanol–water partition coefficient (Wildman–Crippen LogP) is 1.63. The first kappa shape index (κ1) is 26.6. The van der Waals surface area contributed by atoms with E-state index in [9.17, 15) is 19.2 Å². The number of anilines is 1. The van der Waals surface area contributed by atoms with Crippen molar-refractivity contribution in [3.8, 4) is 0 Å². The third kappa shape index (κ3) is 7.46. The summed E-state index contributed by atoms with van der Waals surface area (Å²) < 4.78 is 0. The number of nitrogen functional groups attached to an aromatic ring is 1. The summed E-state index contributed by atoms with van der Waals surface area (Å²) in [5.74, 6) is -2.99. The monoisotopic (exact) mass is 489 g/mol. The molecule has 2 aromatic carbocycles. The molecule has 11 heteroatoms. The zero-order valence-corrected chi connectivity index (χ0v) is 19.8. The number of hydrazine groups is 1. The molecule has 0 heterocycles. The first-order valence-electron chi connectivity index (χ1n) is 10.4. The number of hydrogen-bond acceptors (Lipinski definition) is 6. The molecule has 2 unspecified atom stereocenters. The van der Waals surface area contributed by atoms with Crippen LogP contribution in [-0.4, -0.2) is 41.4 Å². The van der Waals surface area contributed by atoms with Gasteiger partial charge in [0.2, 0.25) is 5.91 Å². The van der Waals surface area contributed by atoms with Crippen LogP contribution >= 0.6 is 11.6 Å². The number of carbonyl (C=O) groups excluding carboxylic acids is 3. The minimum absolute atomic E-state index is 0.207. The summed E-state index contributed by atoms with van der Waals surface area (Å²) in [4.78, 5) is 49.6. The Bertz CT molecular complexity index is 1060. The predicted molar refractivity (Wildman–Crippen MR) is 128 cm³/mol. The third-order valence-electron chi connectivity index (χ3n) is 4.80. The van der Waals surface area contributed by atoms with Crippen molar-refractivity contribution in [1.29, 1.82) is 0 Å². The molecular weight excluding hydrogens is 462 g/mol. The standard InChI is InChI=1S/C23H28ClN5O5/c1-23(2,3)19(28-20(32)14-9-10-16(25)15(24)11-14)22(34)27-18(13-7-5-4-6-8-13)21(33)29-26-12-17(30)31/h4-11,18-19,26H,12,25H2,1-3H3,(H,27,34)(H,28,32)(H,29,33)(H,30,31). The minimum atomic E-state index is -1.17. The molecule has 0 radical (unpaired) electrons. The highest BCUT2D eigenvalue weighted by Crippen LogP contribution is 2.23. The molecule has 0 aliphatic heterocycles. The second kappa shape index (κ2) is 11.5. The highest BCUT2D eigenvalue weighted by atomic mass is 35.5. The summed E-state index contributed by atoms with van der Waals surface area (Å²) in [6.07, 6.45) is 0. The lowest BCUT2D eigenvalue weighted by molar-refractivity contribution is -0.137. The van der Waals surface area contributed by atoms with Gasteiger partial charge in [0.05, 0.1) is 10.7 Å². The first-order chi connectivity index (χ1) is 15.9. The Hall–Kier alpha value is -3.63. The molecule has 34 heavy (non-hydrogen) atoms. The van der Waals surface area contributed by atoms with E-state index in [0.29, 0.717) is 11.3 Å². The summed E-state index contributed by atoms with van der Waals surface area (Å²) >= 11 is 6.01. The SMILES string of the molecule is CC(C)(C)C(NC(=O)c1ccc(N)c(Cl)c1)C(=O)NC(C(=O)NNCC(=O)O)c1ccccc1. The van der Waals surface area contributed by atoms with Gasteiger partial charge in [-0.15, -0.1) is 0 Å². The van der Waals surface area contributed by atoms with E-state index in [4.69, 9.17) is 22.4 Å². The molecule has 0 fully saturated rings. The zero-order chi connectivity index (χ0) is 25.5. The molecule has 3 amide bonds. The lowest BCUT2D eigenvalue weighted by atomic mass is 9.85. The Morgan fingerprint density at radius 3 is 2.21 bits per heavy atom. The zero-order valence-electron chi connectivity index (χ0n) is 19.0. The Labute approximate surface area is 202 Å². The van der Waals surface area contributed by atoms with Crippen molar-refractivity contribution in [3.05, 3.63) is 64.7 Å². The van der Waals surface area contributed by atoms with E-state index < -0.39 is 47.7 Å². The van der Waals surface area contributed by atoms with Crippen molar-refractivity contribution in [2.24, 2.45) is 5.41 Å². The number of nitrogens with two attached hydrogens (primary N) is 1. The third-order valence-corrected chi connectivity index (χ3v) is 5.13. The largest absolute Gasteiger partial charge is 0.480 e. The van der Waals surface area contributed by atoms with Gasteiger partial charge in [0.15, 0.2) is 0 Å². The van der Waals surface area contributed by atoms with E-state index in [1.54, 1.807) is 51.1 Å². The molecule has 2 rings (SSSR count). The number of halogens is 1. The van der Waals surface area contributed by atoms with Gasteiger partial charge in [-0.05, 0) is 29.2 Å². The fourth-order valence-electron chi connectivity index (χ4n) is 3.01. The highest BCUT2D eigenvalue weighted by molar-refractivity contribution is 6.33. The van der Waals surface area contributed by atoms with Crippen LogP contribution in [0.2, 0.25) is 5.02 Å². The number of nitrogens with one attached hydrogen (secondary N) is 4. The maximum atomic E-state index is 13.3. The van der Waals surface area contributed by atoms with E-state index in [1.807, 2.05) is 0 Å². The lowest BCUT2D eigenvalue weighted by Gasteiger charge is -2.32. The summed E-state index contributed by atoms with van der Waals surface area (Å²) in [5, 5.41) is 14.3. The molecule has 2 atom stereocenters. The molecule has 0 spiro atoms. The summed E-state index contributed by atoms with van der Waals surface area (Å²) in [6.45, 7) is 4.78. The number of carboxylic acids is 1. The van der Waals surface area contributed by atoms with E-state index >= 15 is 0 Å². The van der Waals surface area contributed by atoms with E-state index in [2.05, 4.69) is 21.5 Å². The Morgan fingerprint density at radius 1 is 1.00 bits per heavy atom. The van der Waals surface area contributed by atoms with Gasteiger partial charge in [-0.1, -0.05) is 62.7 Å². The number of rotatable bonds is 9. The fraction of sp³-hybridized carbons (Fsp3) is 0.304. The van der Waals surface area contributed by atoms with Gasteiger partial charge in [-0.3, -0.25) is 24.6 Å². The van der Waals surface area contributed by atoms with Gasteiger partial charge in [-0.25, -0.2) is 5.43 Å². The van der Waals surface area contributed by atoms with E-state index in [1.165, 1.54) is 18.2 Å². The van der Waals surface area contributed by atoms with Gasteiger partial charge in [0.25, 0.3) is 11.8 Å². The van der Waals surface area contributed by atoms with Gasteiger partial charge in [-0.2, -0.15) is 0 Å². The maximum Gasteiger partial charge on any atom is 0.319 e. The average molecular weight is 490 g/mol. The second-order valence-electron chi connectivity index (χ2n) is 8.60.